The lowest BCUT2D eigenvalue weighted by Gasteiger charge is -2.58. The van der Waals surface area contributed by atoms with Crippen molar-refractivity contribution in [1.82, 2.24) is 4.90 Å². The van der Waals surface area contributed by atoms with Gasteiger partial charge in [-0.25, -0.2) is 4.79 Å². The topological polar surface area (TPSA) is 83.5 Å². The highest BCUT2D eigenvalue weighted by Crippen LogP contribution is 2.57. The first-order chi connectivity index (χ1) is 13.0. The first-order valence-electron chi connectivity index (χ1n) is 9.85. The second kappa shape index (κ2) is 6.93. The molecule has 0 aromatic heterocycles. The van der Waals surface area contributed by atoms with E-state index in [0.717, 1.165) is 19.1 Å². The molecule has 1 spiro atoms. The number of likely N-dealkylation sites (tertiary alicyclic amines) is 1. The minimum Gasteiger partial charge on any atom is -0.444 e. The summed E-state index contributed by atoms with van der Waals surface area (Å²) in [5.74, 6) is -2.51. The molecule has 2 aliphatic heterocycles. The zero-order chi connectivity index (χ0) is 21.0. The van der Waals surface area contributed by atoms with Gasteiger partial charge in [-0.15, -0.1) is 0 Å². The van der Waals surface area contributed by atoms with Crippen molar-refractivity contribution < 1.29 is 33.3 Å². The Balaban J connectivity index is 1.95. The second-order valence-electron chi connectivity index (χ2n) is 9.24. The Morgan fingerprint density at radius 1 is 1.14 bits per heavy atom. The standard InChI is InChI=1S/C20H33NO7/c1-17(2,3)28-16(23)21-12-14-15(13(8-11-22)20(21)9-10-20)27-19(5,25-7)18(4,24-6)26-14/h11,13-15H,8-10,12H2,1-7H3/t13-,14-,15-,18+,19+/m1/s1. The summed E-state index contributed by atoms with van der Waals surface area (Å²) in [5.41, 5.74) is -1.05. The Bertz CT molecular complexity index is 629. The van der Waals surface area contributed by atoms with Crippen LogP contribution in [0.5, 0.6) is 0 Å². The maximum Gasteiger partial charge on any atom is 0.410 e. The summed E-state index contributed by atoms with van der Waals surface area (Å²) in [7, 11) is 3.07. The van der Waals surface area contributed by atoms with Crippen molar-refractivity contribution in [1.29, 1.82) is 0 Å². The van der Waals surface area contributed by atoms with E-state index in [4.69, 9.17) is 23.7 Å². The van der Waals surface area contributed by atoms with Gasteiger partial charge in [-0.05, 0) is 47.5 Å². The Morgan fingerprint density at radius 2 is 1.71 bits per heavy atom. The van der Waals surface area contributed by atoms with E-state index in [1.165, 1.54) is 7.11 Å². The number of aldehydes is 1. The second-order valence-corrected chi connectivity index (χ2v) is 9.24. The summed E-state index contributed by atoms with van der Waals surface area (Å²) >= 11 is 0. The zero-order valence-electron chi connectivity index (χ0n) is 17.9. The number of carbonyl (C=O) groups is 2. The van der Waals surface area contributed by atoms with Gasteiger partial charge in [-0.1, -0.05) is 0 Å². The summed E-state index contributed by atoms with van der Waals surface area (Å²) in [6.45, 7) is 9.35. The molecule has 3 fully saturated rings. The van der Waals surface area contributed by atoms with E-state index in [-0.39, 0.29) is 24.5 Å². The van der Waals surface area contributed by atoms with E-state index in [1.807, 2.05) is 20.8 Å². The quantitative estimate of drug-likeness (QED) is 0.672. The van der Waals surface area contributed by atoms with Gasteiger partial charge in [0.15, 0.2) is 0 Å². The highest BCUT2D eigenvalue weighted by molar-refractivity contribution is 5.71. The number of piperidine rings is 1. The van der Waals surface area contributed by atoms with Gasteiger partial charge < -0.3 is 28.5 Å². The fourth-order valence-corrected chi connectivity index (χ4v) is 4.52. The summed E-state index contributed by atoms with van der Waals surface area (Å²) in [6.07, 6.45) is 1.54. The van der Waals surface area contributed by atoms with Crippen molar-refractivity contribution in [3.63, 3.8) is 0 Å². The monoisotopic (exact) mass is 399 g/mol. The van der Waals surface area contributed by atoms with Crippen LogP contribution in [0.2, 0.25) is 0 Å². The van der Waals surface area contributed by atoms with Crippen molar-refractivity contribution in [2.24, 2.45) is 5.92 Å². The Kier molecular flexibility index (Phi) is 5.32. The smallest absolute Gasteiger partial charge is 0.410 e. The highest BCUT2D eigenvalue weighted by atomic mass is 16.8. The van der Waals surface area contributed by atoms with Gasteiger partial charge in [0.05, 0.1) is 18.2 Å². The maximum absolute atomic E-state index is 13.0. The van der Waals surface area contributed by atoms with E-state index < -0.39 is 28.8 Å². The van der Waals surface area contributed by atoms with Crippen LogP contribution in [0.4, 0.5) is 4.79 Å². The van der Waals surface area contributed by atoms with Crippen molar-refractivity contribution >= 4 is 12.4 Å². The van der Waals surface area contributed by atoms with Gasteiger partial charge in [-0.2, -0.15) is 0 Å². The lowest BCUT2D eigenvalue weighted by atomic mass is 9.79. The van der Waals surface area contributed by atoms with Crippen LogP contribution in [-0.2, 0) is 28.5 Å². The van der Waals surface area contributed by atoms with Gasteiger partial charge in [0, 0.05) is 26.6 Å². The van der Waals surface area contributed by atoms with Gasteiger partial charge in [0.25, 0.3) is 0 Å². The molecule has 0 N–H and O–H groups in total. The molecule has 0 aromatic carbocycles. The molecule has 1 amide bonds. The van der Waals surface area contributed by atoms with Crippen LogP contribution in [0.1, 0.15) is 53.9 Å². The van der Waals surface area contributed by atoms with E-state index in [1.54, 1.807) is 25.9 Å². The fraction of sp³-hybridized carbons (Fsp3) is 0.900. The normalized spacial score (nSPS) is 39.4. The number of amides is 1. The molecule has 2 saturated heterocycles. The van der Waals surface area contributed by atoms with Gasteiger partial charge in [0.2, 0.25) is 11.6 Å². The van der Waals surface area contributed by atoms with Crippen LogP contribution < -0.4 is 0 Å². The molecule has 1 saturated carbocycles. The molecule has 5 atom stereocenters. The SMILES string of the molecule is CO[C@@]1(C)O[C@@H]2[C@@H](CC=O)C3(CC3)N(C(=O)OC(C)(C)C)C[C@H]2O[C@]1(C)OC. The third-order valence-electron chi connectivity index (χ3n) is 6.42. The minimum absolute atomic E-state index is 0.202. The maximum atomic E-state index is 13.0. The molecule has 0 bridgehead atoms. The fourth-order valence-electron chi connectivity index (χ4n) is 4.52. The molecule has 1 aliphatic carbocycles. The number of carbonyl (C=O) groups excluding carboxylic acids is 2. The Morgan fingerprint density at radius 3 is 2.18 bits per heavy atom. The molecular formula is C20H33NO7. The average molecular weight is 399 g/mol. The van der Waals surface area contributed by atoms with Crippen LogP contribution in [0.3, 0.4) is 0 Å². The van der Waals surface area contributed by atoms with Crippen molar-refractivity contribution in [3.05, 3.63) is 0 Å². The van der Waals surface area contributed by atoms with Crippen LogP contribution in [0.25, 0.3) is 0 Å². The van der Waals surface area contributed by atoms with Gasteiger partial charge >= 0.3 is 6.09 Å². The number of fused-ring (bicyclic) bond motifs is 1. The Labute approximate surface area is 166 Å². The van der Waals surface area contributed by atoms with Crippen LogP contribution in [0.15, 0.2) is 0 Å². The number of nitrogens with zero attached hydrogens (tertiary/aromatic N) is 1. The molecule has 0 aromatic rings. The molecule has 8 heteroatoms. The first-order valence-corrected chi connectivity index (χ1v) is 9.85. The van der Waals surface area contributed by atoms with E-state index in [2.05, 4.69) is 0 Å². The van der Waals surface area contributed by atoms with Crippen molar-refractivity contribution in [2.45, 2.75) is 88.8 Å². The largest absolute Gasteiger partial charge is 0.444 e. The number of methoxy groups -OCH3 is 2. The average Bonchev–Trinajstić information content (AvgIpc) is 3.39. The lowest BCUT2D eigenvalue weighted by Crippen LogP contribution is -2.73. The number of hydrogen-bond acceptors (Lipinski definition) is 7. The number of hydrogen-bond donors (Lipinski definition) is 0. The molecule has 0 radical (unpaired) electrons. The molecule has 3 aliphatic rings. The summed E-state index contributed by atoms with van der Waals surface area (Å²) < 4.78 is 29.6. The molecule has 2 heterocycles. The van der Waals surface area contributed by atoms with E-state index in [9.17, 15) is 9.59 Å². The highest BCUT2D eigenvalue weighted by Gasteiger charge is 2.68. The minimum atomic E-state index is -1.16. The molecule has 3 rings (SSSR count). The third-order valence-corrected chi connectivity index (χ3v) is 6.42. The van der Waals surface area contributed by atoms with E-state index in [0.29, 0.717) is 6.54 Å². The molecule has 0 unspecified atom stereocenters. The predicted molar refractivity (Wildman–Crippen MR) is 99.7 cm³/mol. The van der Waals surface area contributed by atoms with Crippen LogP contribution in [-0.4, -0.2) is 73.0 Å². The van der Waals surface area contributed by atoms with Gasteiger partial charge in [0.1, 0.15) is 18.0 Å². The molecular weight excluding hydrogens is 366 g/mol. The van der Waals surface area contributed by atoms with Crippen LogP contribution >= 0.6 is 0 Å². The van der Waals surface area contributed by atoms with E-state index >= 15 is 0 Å². The van der Waals surface area contributed by atoms with Crippen molar-refractivity contribution in [3.8, 4) is 0 Å². The Hall–Kier alpha value is -1.22. The summed E-state index contributed by atoms with van der Waals surface area (Å²) in [4.78, 5) is 26.2. The lowest BCUT2D eigenvalue weighted by molar-refractivity contribution is -0.458. The first kappa shape index (κ1) is 21.5. The predicted octanol–water partition coefficient (Wildman–Crippen LogP) is 2.48. The summed E-state index contributed by atoms with van der Waals surface area (Å²) in [6, 6.07) is 0. The molecule has 28 heavy (non-hydrogen) atoms. The van der Waals surface area contributed by atoms with Crippen LogP contribution in [0, 0.1) is 5.92 Å². The number of ether oxygens (including phenoxy) is 5. The summed E-state index contributed by atoms with van der Waals surface area (Å²) in [5, 5.41) is 0. The molecule has 160 valence electrons. The van der Waals surface area contributed by atoms with Crippen molar-refractivity contribution in [2.75, 3.05) is 20.8 Å². The zero-order valence-corrected chi connectivity index (χ0v) is 17.9. The number of rotatable bonds is 4. The van der Waals surface area contributed by atoms with Gasteiger partial charge in [-0.3, -0.25) is 4.90 Å². The molecule has 8 nitrogen and oxygen atoms in total. The third kappa shape index (κ3) is 3.34.